The SMILES string of the molecule is COc1ccc(N(C)C(=O)Cn2cccc(C(F)(F)F)c2=O)cn1. The number of alkyl halides is 3. The van der Waals surface area contributed by atoms with Crippen LogP contribution in [0.2, 0.25) is 0 Å². The van der Waals surface area contributed by atoms with E-state index in [0.29, 0.717) is 17.6 Å². The predicted octanol–water partition coefficient (Wildman–Crippen LogP) is 1.93. The fourth-order valence-electron chi connectivity index (χ4n) is 1.96. The molecule has 0 atom stereocenters. The first-order valence-electron chi connectivity index (χ1n) is 6.77. The lowest BCUT2D eigenvalue weighted by Crippen LogP contribution is -2.35. The van der Waals surface area contributed by atoms with Crippen LogP contribution in [0.25, 0.3) is 0 Å². The van der Waals surface area contributed by atoms with E-state index in [1.54, 1.807) is 6.07 Å². The first kappa shape index (κ1) is 17.5. The largest absolute Gasteiger partial charge is 0.481 e. The molecule has 0 aliphatic carbocycles. The van der Waals surface area contributed by atoms with Gasteiger partial charge in [0.15, 0.2) is 0 Å². The van der Waals surface area contributed by atoms with Crippen molar-refractivity contribution < 1.29 is 22.7 Å². The van der Waals surface area contributed by atoms with Crippen molar-refractivity contribution in [2.45, 2.75) is 12.7 Å². The van der Waals surface area contributed by atoms with E-state index in [1.165, 1.54) is 31.3 Å². The van der Waals surface area contributed by atoms with Crippen molar-refractivity contribution in [3.8, 4) is 5.88 Å². The van der Waals surface area contributed by atoms with Gasteiger partial charge < -0.3 is 14.2 Å². The van der Waals surface area contributed by atoms with Crippen molar-refractivity contribution in [2.75, 3.05) is 19.1 Å². The molecule has 1 amide bonds. The quantitative estimate of drug-likeness (QED) is 0.852. The van der Waals surface area contributed by atoms with Crippen molar-refractivity contribution in [3.63, 3.8) is 0 Å². The van der Waals surface area contributed by atoms with Crippen LogP contribution in [0.4, 0.5) is 18.9 Å². The number of methoxy groups -OCH3 is 1. The second kappa shape index (κ2) is 6.73. The van der Waals surface area contributed by atoms with Crippen LogP contribution >= 0.6 is 0 Å². The molecule has 2 heterocycles. The van der Waals surface area contributed by atoms with Crippen molar-refractivity contribution in [3.05, 3.63) is 52.6 Å². The van der Waals surface area contributed by atoms with Crippen LogP contribution < -0.4 is 15.2 Å². The number of anilines is 1. The summed E-state index contributed by atoms with van der Waals surface area (Å²) in [6, 6.07) is 4.86. The highest BCUT2D eigenvalue weighted by atomic mass is 19.4. The van der Waals surface area contributed by atoms with Crippen LogP contribution in [0, 0.1) is 0 Å². The molecule has 0 aliphatic rings. The molecule has 0 saturated carbocycles. The molecule has 0 saturated heterocycles. The van der Waals surface area contributed by atoms with Crippen LogP contribution in [0.5, 0.6) is 5.88 Å². The number of aromatic nitrogens is 2. The molecule has 2 aromatic rings. The highest BCUT2D eigenvalue weighted by Gasteiger charge is 2.34. The molecule has 0 aliphatic heterocycles. The van der Waals surface area contributed by atoms with Crippen LogP contribution in [-0.4, -0.2) is 29.6 Å². The zero-order chi connectivity index (χ0) is 17.9. The summed E-state index contributed by atoms with van der Waals surface area (Å²) in [4.78, 5) is 29.2. The predicted molar refractivity (Wildman–Crippen MR) is 79.9 cm³/mol. The van der Waals surface area contributed by atoms with Crippen LogP contribution in [-0.2, 0) is 17.5 Å². The minimum atomic E-state index is -4.77. The Morgan fingerprint density at radius 3 is 2.58 bits per heavy atom. The minimum Gasteiger partial charge on any atom is -0.481 e. The monoisotopic (exact) mass is 341 g/mol. The van der Waals surface area contributed by atoms with Gasteiger partial charge in [-0.3, -0.25) is 9.59 Å². The molecule has 24 heavy (non-hydrogen) atoms. The summed E-state index contributed by atoms with van der Waals surface area (Å²) in [5, 5.41) is 0. The van der Waals surface area contributed by atoms with Gasteiger partial charge in [-0.05, 0) is 18.2 Å². The minimum absolute atomic E-state index is 0.355. The van der Waals surface area contributed by atoms with Gasteiger partial charge in [0, 0.05) is 19.3 Å². The normalized spacial score (nSPS) is 11.2. The average Bonchev–Trinajstić information content (AvgIpc) is 2.55. The molecule has 0 bridgehead atoms. The van der Waals surface area contributed by atoms with E-state index in [0.717, 1.165) is 16.8 Å². The smallest absolute Gasteiger partial charge is 0.421 e. The van der Waals surface area contributed by atoms with E-state index < -0.39 is 29.8 Å². The zero-order valence-electron chi connectivity index (χ0n) is 12.9. The number of pyridine rings is 2. The second-order valence-electron chi connectivity index (χ2n) is 4.86. The Balaban J connectivity index is 2.21. The van der Waals surface area contributed by atoms with E-state index in [4.69, 9.17) is 4.74 Å². The number of hydrogen-bond donors (Lipinski definition) is 0. The summed E-state index contributed by atoms with van der Waals surface area (Å²) in [5.41, 5.74) is -2.16. The van der Waals surface area contributed by atoms with Gasteiger partial charge in [0.1, 0.15) is 12.1 Å². The standard InChI is InChI=1S/C15H14F3N3O3/c1-20(10-5-6-12(24-2)19-8-10)13(22)9-21-7-3-4-11(14(21)23)15(16,17)18/h3-8H,9H2,1-2H3. The molecule has 0 fully saturated rings. The number of hydrogen-bond acceptors (Lipinski definition) is 4. The van der Waals surface area contributed by atoms with Crippen molar-refractivity contribution in [1.82, 2.24) is 9.55 Å². The number of nitrogens with zero attached hydrogens (tertiary/aromatic N) is 3. The Morgan fingerprint density at radius 1 is 1.33 bits per heavy atom. The Bertz CT molecular complexity index is 785. The first-order chi connectivity index (χ1) is 11.2. The molecule has 0 N–H and O–H groups in total. The van der Waals surface area contributed by atoms with E-state index in [1.807, 2.05) is 0 Å². The lowest BCUT2D eigenvalue weighted by atomic mass is 10.2. The number of likely N-dealkylation sites (N-methyl/N-ethyl adjacent to an activating group) is 1. The van der Waals surface area contributed by atoms with Crippen LogP contribution in [0.3, 0.4) is 0 Å². The van der Waals surface area contributed by atoms with E-state index >= 15 is 0 Å². The van der Waals surface area contributed by atoms with E-state index in [-0.39, 0.29) is 0 Å². The van der Waals surface area contributed by atoms with Gasteiger partial charge in [-0.25, -0.2) is 4.98 Å². The van der Waals surface area contributed by atoms with Crippen LogP contribution in [0.15, 0.2) is 41.5 Å². The van der Waals surface area contributed by atoms with Crippen molar-refractivity contribution in [1.29, 1.82) is 0 Å². The van der Waals surface area contributed by atoms with Crippen LogP contribution in [0.1, 0.15) is 5.56 Å². The molecule has 0 spiro atoms. The molecule has 0 aromatic carbocycles. The van der Waals surface area contributed by atoms with Crippen molar-refractivity contribution >= 4 is 11.6 Å². The maximum absolute atomic E-state index is 12.7. The number of carbonyl (C=O) groups excluding carboxylic acids is 1. The molecular weight excluding hydrogens is 327 g/mol. The summed E-state index contributed by atoms with van der Waals surface area (Å²) < 4.78 is 43.8. The third-order valence-corrected chi connectivity index (χ3v) is 3.32. The molecule has 2 rings (SSSR count). The Hall–Kier alpha value is -2.84. The van der Waals surface area contributed by atoms with Gasteiger partial charge in [-0.1, -0.05) is 0 Å². The van der Waals surface area contributed by atoms with Crippen molar-refractivity contribution in [2.24, 2.45) is 0 Å². The second-order valence-corrected chi connectivity index (χ2v) is 4.86. The van der Waals surface area contributed by atoms with E-state index in [9.17, 15) is 22.8 Å². The summed E-state index contributed by atoms with van der Waals surface area (Å²) in [6.45, 7) is -0.523. The fraction of sp³-hybridized carbons (Fsp3) is 0.267. The van der Waals surface area contributed by atoms with Gasteiger partial charge >= 0.3 is 6.18 Å². The van der Waals surface area contributed by atoms with Gasteiger partial charge in [0.25, 0.3) is 5.56 Å². The average molecular weight is 341 g/mol. The zero-order valence-corrected chi connectivity index (χ0v) is 12.9. The molecule has 0 unspecified atom stereocenters. The fourth-order valence-corrected chi connectivity index (χ4v) is 1.96. The Kier molecular flexibility index (Phi) is 4.91. The van der Waals surface area contributed by atoms with Gasteiger partial charge in [0.05, 0.1) is 19.0 Å². The lowest BCUT2D eigenvalue weighted by Gasteiger charge is -2.18. The van der Waals surface area contributed by atoms with Gasteiger partial charge in [-0.2, -0.15) is 13.2 Å². The number of ether oxygens (including phenoxy) is 1. The molecular formula is C15H14F3N3O3. The van der Waals surface area contributed by atoms with Gasteiger partial charge in [-0.15, -0.1) is 0 Å². The third kappa shape index (κ3) is 3.73. The molecule has 0 radical (unpaired) electrons. The molecule has 9 heteroatoms. The summed E-state index contributed by atoms with van der Waals surface area (Å²) in [5.74, 6) is -0.211. The maximum atomic E-state index is 12.7. The third-order valence-electron chi connectivity index (χ3n) is 3.32. The summed E-state index contributed by atoms with van der Waals surface area (Å²) in [6.07, 6.45) is -2.25. The molecule has 128 valence electrons. The molecule has 6 nitrogen and oxygen atoms in total. The number of amides is 1. The maximum Gasteiger partial charge on any atom is 0.421 e. The van der Waals surface area contributed by atoms with E-state index in [2.05, 4.69) is 4.98 Å². The highest BCUT2D eigenvalue weighted by molar-refractivity contribution is 5.92. The Morgan fingerprint density at radius 2 is 2.04 bits per heavy atom. The number of rotatable bonds is 4. The number of carbonyl (C=O) groups is 1. The van der Waals surface area contributed by atoms with Gasteiger partial charge in [0.2, 0.25) is 11.8 Å². The Labute approximate surface area is 135 Å². The highest BCUT2D eigenvalue weighted by Crippen LogP contribution is 2.26. The molecule has 2 aromatic heterocycles. The topological polar surface area (TPSA) is 64.4 Å². The lowest BCUT2D eigenvalue weighted by molar-refractivity contribution is -0.139. The number of halogens is 3. The first-order valence-corrected chi connectivity index (χ1v) is 6.77. The summed E-state index contributed by atoms with van der Waals surface area (Å²) >= 11 is 0. The summed E-state index contributed by atoms with van der Waals surface area (Å²) in [7, 11) is 2.88.